The van der Waals surface area contributed by atoms with E-state index in [9.17, 15) is 9.59 Å². The zero-order valence-electron chi connectivity index (χ0n) is 16.2. The lowest BCUT2D eigenvalue weighted by Crippen LogP contribution is -2.40. The molecule has 0 aliphatic rings. The van der Waals surface area contributed by atoms with Gasteiger partial charge >= 0.3 is 5.69 Å². The Hall–Kier alpha value is -3.41. The van der Waals surface area contributed by atoms with Gasteiger partial charge in [-0.2, -0.15) is 0 Å². The van der Waals surface area contributed by atoms with Crippen LogP contribution in [-0.4, -0.2) is 18.7 Å². The summed E-state index contributed by atoms with van der Waals surface area (Å²) >= 11 is 0. The van der Waals surface area contributed by atoms with E-state index >= 15 is 0 Å². The van der Waals surface area contributed by atoms with Crippen LogP contribution in [0.4, 0.5) is 0 Å². The Morgan fingerprint density at radius 1 is 1.00 bits per heavy atom. The average Bonchev–Trinajstić information content (AvgIpc) is 3.15. The van der Waals surface area contributed by atoms with Crippen molar-refractivity contribution < 1.29 is 0 Å². The van der Waals surface area contributed by atoms with Crippen molar-refractivity contribution in [1.29, 1.82) is 0 Å². The summed E-state index contributed by atoms with van der Waals surface area (Å²) in [7, 11) is 0. The highest BCUT2D eigenvalue weighted by atomic mass is 16.2. The quantitative estimate of drug-likeness (QED) is 0.551. The van der Waals surface area contributed by atoms with Crippen molar-refractivity contribution in [2.45, 2.75) is 33.4 Å². The minimum absolute atomic E-state index is 0.0907. The summed E-state index contributed by atoms with van der Waals surface area (Å²) in [5.41, 5.74) is 2.88. The van der Waals surface area contributed by atoms with E-state index in [4.69, 9.17) is 0 Å². The lowest BCUT2D eigenvalue weighted by molar-refractivity contribution is 0.631. The second-order valence-electron chi connectivity index (χ2n) is 6.86. The molecule has 0 aliphatic carbocycles. The summed E-state index contributed by atoms with van der Waals surface area (Å²) in [6, 6.07) is 17.5. The van der Waals surface area contributed by atoms with Gasteiger partial charge in [0.25, 0.3) is 5.56 Å². The van der Waals surface area contributed by atoms with Gasteiger partial charge in [-0.05, 0) is 38.0 Å². The molecule has 0 fully saturated rings. The molecule has 0 N–H and O–H groups in total. The lowest BCUT2D eigenvalue weighted by atomic mass is 10.1. The van der Waals surface area contributed by atoms with Crippen LogP contribution in [0.15, 0.2) is 70.5 Å². The molecule has 2 aromatic carbocycles. The molecular formula is C22H22N4O2. The molecule has 4 aromatic rings. The molecule has 0 saturated carbocycles. The molecule has 0 radical (unpaired) electrons. The highest BCUT2D eigenvalue weighted by Crippen LogP contribution is 2.22. The van der Waals surface area contributed by atoms with E-state index in [1.165, 1.54) is 4.57 Å². The van der Waals surface area contributed by atoms with Gasteiger partial charge in [-0.25, -0.2) is 14.3 Å². The van der Waals surface area contributed by atoms with E-state index < -0.39 is 0 Å². The fraction of sp³-hybridized carbons (Fsp3) is 0.227. The first-order valence-corrected chi connectivity index (χ1v) is 9.38. The van der Waals surface area contributed by atoms with Crippen LogP contribution in [-0.2, 0) is 6.54 Å². The molecule has 28 heavy (non-hydrogen) atoms. The number of fused-ring (bicyclic) bond motifs is 1. The zero-order valence-corrected chi connectivity index (χ0v) is 16.2. The van der Waals surface area contributed by atoms with Gasteiger partial charge in [0.1, 0.15) is 0 Å². The number of aromatic nitrogens is 4. The van der Waals surface area contributed by atoms with Gasteiger partial charge in [0.15, 0.2) is 11.2 Å². The molecule has 0 saturated heterocycles. The van der Waals surface area contributed by atoms with Crippen molar-refractivity contribution in [2.75, 3.05) is 0 Å². The average molecular weight is 374 g/mol. The zero-order chi connectivity index (χ0) is 19.8. The Kier molecular flexibility index (Phi) is 4.47. The number of hydrogen-bond acceptors (Lipinski definition) is 3. The van der Waals surface area contributed by atoms with Gasteiger partial charge in [-0.3, -0.25) is 9.36 Å². The Balaban J connectivity index is 2.08. The first kappa shape index (κ1) is 18.0. The Labute approximate surface area is 162 Å². The van der Waals surface area contributed by atoms with E-state index in [1.807, 2.05) is 73.0 Å². The van der Waals surface area contributed by atoms with Gasteiger partial charge in [0, 0.05) is 6.54 Å². The van der Waals surface area contributed by atoms with E-state index in [1.54, 1.807) is 17.8 Å². The molecule has 6 heteroatoms. The lowest BCUT2D eigenvalue weighted by Gasteiger charge is -2.16. The van der Waals surface area contributed by atoms with Gasteiger partial charge < -0.3 is 4.57 Å². The topological polar surface area (TPSA) is 61.8 Å². The number of benzene rings is 2. The SMILES string of the molecule is CCn1c(=O)c2c(ncn2C(C)c2ccccc2)n(-c2ccccc2C)c1=O. The third kappa shape index (κ3) is 2.69. The second-order valence-corrected chi connectivity index (χ2v) is 6.86. The van der Waals surface area contributed by atoms with E-state index in [0.29, 0.717) is 17.7 Å². The van der Waals surface area contributed by atoms with Crippen LogP contribution >= 0.6 is 0 Å². The van der Waals surface area contributed by atoms with E-state index in [0.717, 1.165) is 16.8 Å². The number of aryl methyl sites for hydroxylation is 1. The Morgan fingerprint density at radius 3 is 2.36 bits per heavy atom. The maximum atomic E-state index is 13.2. The summed E-state index contributed by atoms with van der Waals surface area (Å²) in [5.74, 6) is 0. The van der Waals surface area contributed by atoms with Crippen LogP contribution < -0.4 is 11.2 Å². The number of nitrogens with zero attached hydrogens (tertiary/aromatic N) is 4. The van der Waals surface area contributed by atoms with Crippen LogP contribution in [0.5, 0.6) is 0 Å². The Bertz CT molecular complexity index is 1270. The standard InChI is InChI=1S/C22H22N4O2/c1-4-24-21(27)19-20(26(22(24)28)18-13-9-8-10-15(18)2)23-14-25(19)16(3)17-11-6-5-7-12-17/h5-14,16H,4H2,1-3H3. The predicted molar refractivity (Wildman–Crippen MR) is 110 cm³/mol. The third-order valence-electron chi connectivity index (χ3n) is 5.23. The van der Waals surface area contributed by atoms with Crippen LogP contribution in [0.2, 0.25) is 0 Å². The Morgan fingerprint density at radius 2 is 1.68 bits per heavy atom. The molecule has 6 nitrogen and oxygen atoms in total. The molecular weight excluding hydrogens is 352 g/mol. The van der Waals surface area contributed by atoms with Gasteiger partial charge in [0.05, 0.1) is 18.1 Å². The molecule has 0 amide bonds. The van der Waals surface area contributed by atoms with Crippen molar-refractivity contribution in [3.8, 4) is 5.69 Å². The highest BCUT2D eigenvalue weighted by molar-refractivity contribution is 5.73. The molecule has 2 heterocycles. The molecule has 0 aliphatic heterocycles. The van der Waals surface area contributed by atoms with Crippen molar-refractivity contribution in [1.82, 2.24) is 18.7 Å². The minimum atomic E-state index is -0.369. The largest absolute Gasteiger partial charge is 0.337 e. The molecule has 1 unspecified atom stereocenters. The first-order valence-electron chi connectivity index (χ1n) is 9.38. The van der Waals surface area contributed by atoms with Crippen LogP contribution in [0.1, 0.15) is 31.0 Å². The summed E-state index contributed by atoms with van der Waals surface area (Å²) in [6.45, 7) is 6.07. The van der Waals surface area contributed by atoms with Gasteiger partial charge in [-0.15, -0.1) is 0 Å². The molecule has 2 aromatic heterocycles. The maximum Gasteiger partial charge on any atom is 0.337 e. The summed E-state index contributed by atoms with van der Waals surface area (Å²) < 4.78 is 4.67. The number of imidazole rings is 1. The molecule has 0 bridgehead atoms. The molecule has 0 spiro atoms. The maximum absolute atomic E-state index is 13.2. The first-order chi connectivity index (χ1) is 13.5. The van der Waals surface area contributed by atoms with Crippen molar-refractivity contribution in [2.24, 2.45) is 0 Å². The minimum Gasteiger partial charge on any atom is -0.317 e. The number of rotatable bonds is 4. The number of para-hydroxylation sites is 1. The summed E-state index contributed by atoms with van der Waals surface area (Å²) in [4.78, 5) is 30.8. The summed E-state index contributed by atoms with van der Waals surface area (Å²) in [5, 5.41) is 0. The van der Waals surface area contributed by atoms with Crippen molar-refractivity contribution >= 4 is 11.2 Å². The van der Waals surface area contributed by atoms with E-state index in [-0.39, 0.29) is 17.3 Å². The number of hydrogen-bond donors (Lipinski definition) is 0. The normalized spacial score (nSPS) is 12.4. The van der Waals surface area contributed by atoms with Crippen molar-refractivity contribution in [3.63, 3.8) is 0 Å². The van der Waals surface area contributed by atoms with E-state index in [2.05, 4.69) is 4.98 Å². The van der Waals surface area contributed by atoms with Gasteiger partial charge in [0.2, 0.25) is 0 Å². The smallest absolute Gasteiger partial charge is 0.317 e. The van der Waals surface area contributed by atoms with Gasteiger partial charge in [-0.1, -0.05) is 48.5 Å². The highest BCUT2D eigenvalue weighted by Gasteiger charge is 2.21. The molecule has 4 rings (SSSR count). The summed E-state index contributed by atoms with van der Waals surface area (Å²) in [6.07, 6.45) is 1.65. The molecule has 142 valence electrons. The predicted octanol–water partition coefficient (Wildman–Crippen LogP) is 3.29. The fourth-order valence-electron chi connectivity index (χ4n) is 3.64. The fourth-order valence-corrected chi connectivity index (χ4v) is 3.64. The van der Waals surface area contributed by atoms with Crippen LogP contribution in [0.25, 0.3) is 16.9 Å². The monoisotopic (exact) mass is 374 g/mol. The van der Waals surface area contributed by atoms with Crippen LogP contribution in [0, 0.1) is 6.92 Å². The molecule has 1 atom stereocenters. The van der Waals surface area contributed by atoms with Crippen LogP contribution in [0.3, 0.4) is 0 Å². The van der Waals surface area contributed by atoms with Crippen molar-refractivity contribution in [3.05, 3.63) is 92.9 Å². The second kappa shape index (κ2) is 6.96. The third-order valence-corrected chi connectivity index (χ3v) is 5.23.